The van der Waals surface area contributed by atoms with Gasteiger partial charge in [0.25, 0.3) is 0 Å². The zero-order chi connectivity index (χ0) is 21.8. The summed E-state index contributed by atoms with van der Waals surface area (Å²) in [7, 11) is 2.27. The summed E-state index contributed by atoms with van der Waals surface area (Å²) < 4.78 is 9.61. The zero-order valence-corrected chi connectivity index (χ0v) is 16.4. The number of hydrogen-bond donors (Lipinski definition) is 3. The van der Waals surface area contributed by atoms with Crippen molar-refractivity contribution < 1.29 is 34.6 Å². The van der Waals surface area contributed by atoms with Gasteiger partial charge in [0, 0.05) is 5.56 Å². The molecule has 0 saturated carbocycles. The number of esters is 2. The number of benzene rings is 2. The van der Waals surface area contributed by atoms with Crippen molar-refractivity contribution in [1.82, 2.24) is 0 Å². The van der Waals surface area contributed by atoms with E-state index >= 15 is 0 Å². The van der Waals surface area contributed by atoms with Crippen molar-refractivity contribution in [2.45, 2.75) is 12.0 Å². The number of ether oxygens (including phenoxy) is 2. The summed E-state index contributed by atoms with van der Waals surface area (Å²) >= 11 is 0. The first-order valence-electron chi connectivity index (χ1n) is 9.09. The van der Waals surface area contributed by atoms with Crippen LogP contribution in [-0.4, -0.2) is 36.5 Å². The van der Waals surface area contributed by atoms with Gasteiger partial charge in [-0.05, 0) is 17.2 Å². The van der Waals surface area contributed by atoms with E-state index in [2.05, 4.69) is 0 Å². The van der Waals surface area contributed by atoms with E-state index in [0.717, 1.165) is 14.2 Å². The predicted molar refractivity (Wildman–Crippen MR) is 106 cm³/mol. The van der Waals surface area contributed by atoms with Gasteiger partial charge in [-0.2, -0.15) is 0 Å². The van der Waals surface area contributed by atoms with Crippen LogP contribution in [0.25, 0.3) is 6.08 Å². The van der Waals surface area contributed by atoms with E-state index < -0.39 is 34.9 Å². The van der Waals surface area contributed by atoms with Crippen LogP contribution in [0.5, 0.6) is 0 Å². The van der Waals surface area contributed by atoms with E-state index in [0.29, 0.717) is 16.7 Å². The molecule has 1 aliphatic rings. The van der Waals surface area contributed by atoms with Gasteiger partial charge in [-0.3, -0.25) is 0 Å². The molecule has 0 radical (unpaired) electrons. The summed E-state index contributed by atoms with van der Waals surface area (Å²) in [5.41, 5.74) is 0.788. The smallest absolute Gasteiger partial charge is 0.341 e. The van der Waals surface area contributed by atoms with E-state index in [1.165, 1.54) is 6.08 Å². The number of hydroxylamine groups is 2. The van der Waals surface area contributed by atoms with Gasteiger partial charge in [-0.25, -0.2) is 20.0 Å². The Balaban J connectivity index is 2.37. The van der Waals surface area contributed by atoms with Gasteiger partial charge in [-0.1, -0.05) is 54.6 Å². The molecule has 3 rings (SSSR count). The Kier molecular flexibility index (Phi) is 6.31. The summed E-state index contributed by atoms with van der Waals surface area (Å²) in [6.45, 7) is 0. The Labute approximate surface area is 172 Å². The highest BCUT2D eigenvalue weighted by molar-refractivity contribution is 6.03. The maximum Gasteiger partial charge on any atom is 0.341 e. The molecule has 8 heteroatoms. The first kappa shape index (κ1) is 21.3. The van der Waals surface area contributed by atoms with Gasteiger partial charge < -0.3 is 19.8 Å². The van der Waals surface area contributed by atoms with Gasteiger partial charge in [0.05, 0.1) is 25.7 Å². The first-order valence-corrected chi connectivity index (χ1v) is 9.09. The predicted octanol–water partition coefficient (Wildman–Crippen LogP) is 1.84. The fraction of sp³-hybridized carbons (Fsp3) is 0.182. The molecule has 0 aliphatic heterocycles. The molecule has 0 heterocycles. The van der Waals surface area contributed by atoms with E-state index in [-0.39, 0.29) is 11.1 Å². The van der Waals surface area contributed by atoms with Gasteiger partial charge in [0.15, 0.2) is 6.04 Å². The molecule has 3 atom stereocenters. The van der Waals surface area contributed by atoms with Crippen LogP contribution in [-0.2, 0) is 19.1 Å². The number of carbonyl (C=O) groups excluding carboxylic acids is 2. The molecule has 0 bridgehead atoms. The maximum absolute atomic E-state index is 12.8. The van der Waals surface area contributed by atoms with Gasteiger partial charge in [0.2, 0.25) is 0 Å². The number of quaternary nitrogens is 1. The lowest BCUT2D eigenvalue weighted by Gasteiger charge is -2.33. The average Bonchev–Trinajstić information content (AvgIpc) is 2.88. The minimum Gasteiger partial charge on any atom is -0.600 e. The molecule has 1 aliphatic carbocycles. The monoisotopic (exact) mass is 411 g/mol. The van der Waals surface area contributed by atoms with Crippen molar-refractivity contribution >= 4 is 18.0 Å². The molecule has 2 aromatic carbocycles. The van der Waals surface area contributed by atoms with Crippen molar-refractivity contribution in [1.29, 1.82) is 0 Å². The molecular formula is C22H21NO7. The Morgan fingerprint density at radius 2 is 1.60 bits per heavy atom. The molecule has 2 aromatic rings. The van der Waals surface area contributed by atoms with Crippen LogP contribution in [0.15, 0.2) is 71.5 Å². The average molecular weight is 411 g/mol. The van der Waals surface area contributed by atoms with Crippen LogP contribution in [0.4, 0.5) is 0 Å². The van der Waals surface area contributed by atoms with Crippen molar-refractivity contribution in [2.24, 2.45) is 0 Å². The molecule has 0 saturated heterocycles. The number of methoxy groups -OCH3 is 2. The van der Waals surface area contributed by atoms with Crippen molar-refractivity contribution in [3.05, 3.63) is 93.4 Å². The summed E-state index contributed by atoms with van der Waals surface area (Å²) in [5, 5.41) is 32.3. The second kappa shape index (κ2) is 8.91. The number of aliphatic hydroxyl groups excluding tert-OH is 1. The third kappa shape index (κ3) is 3.84. The summed E-state index contributed by atoms with van der Waals surface area (Å²) in [4.78, 5) is 25.1. The Hall–Kier alpha value is -3.46. The van der Waals surface area contributed by atoms with Gasteiger partial charge in [-0.15, -0.1) is 0 Å². The lowest BCUT2D eigenvalue weighted by molar-refractivity contribution is -1.07. The highest BCUT2D eigenvalue weighted by Crippen LogP contribution is 2.42. The summed E-state index contributed by atoms with van der Waals surface area (Å²) in [5.74, 6) is -3.59. The number of carbonyl (C=O) groups is 2. The lowest BCUT2D eigenvalue weighted by Crippen LogP contribution is -3.05. The second-order valence-electron chi connectivity index (χ2n) is 6.64. The lowest BCUT2D eigenvalue weighted by atomic mass is 9.80. The first-order chi connectivity index (χ1) is 14.4. The number of rotatable bonds is 5. The molecule has 2 unspecified atom stereocenters. The fourth-order valence-corrected chi connectivity index (χ4v) is 3.68. The highest BCUT2D eigenvalue weighted by Gasteiger charge is 2.42. The maximum atomic E-state index is 12.8. The Morgan fingerprint density at radius 1 is 1.00 bits per heavy atom. The SMILES string of the molecule is COC(=O)C1=Cc2ccccc2C([C@H](c2ccccc2)[NH+]([O-])O)C(C(=O)OC)=C1O. The van der Waals surface area contributed by atoms with E-state index in [9.17, 15) is 25.1 Å². The summed E-state index contributed by atoms with van der Waals surface area (Å²) in [6, 6.07) is 13.9. The third-order valence-electron chi connectivity index (χ3n) is 5.02. The largest absolute Gasteiger partial charge is 0.600 e. The molecule has 0 aromatic heterocycles. The quantitative estimate of drug-likeness (QED) is 0.507. The van der Waals surface area contributed by atoms with Crippen molar-refractivity contribution in [2.75, 3.05) is 14.2 Å². The molecule has 0 spiro atoms. The number of aliphatic hydroxyl groups is 1. The summed E-state index contributed by atoms with van der Waals surface area (Å²) in [6.07, 6.45) is 1.38. The number of nitrogens with one attached hydrogen (secondary N) is 1. The minimum absolute atomic E-state index is 0.259. The van der Waals surface area contributed by atoms with Crippen LogP contribution in [0.1, 0.15) is 28.7 Å². The van der Waals surface area contributed by atoms with E-state index in [1.54, 1.807) is 54.6 Å². The van der Waals surface area contributed by atoms with Crippen molar-refractivity contribution in [3.63, 3.8) is 0 Å². The number of fused-ring (bicyclic) bond motifs is 1. The molecule has 0 fully saturated rings. The van der Waals surface area contributed by atoms with E-state index in [4.69, 9.17) is 9.47 Å². The van der Waals surface area contributed by atoms with Crippen LogP contribution in [0.3, 0.4) is 0 Å². The Morgan fingerprint density at radius 3 is 2.20 bits per heavy atom. The standard InChI is InChI=1S/C22H21NO7/c1-29-21(25)16-12-14-10-6-7-11-15(14)17(18(20(16)24)22(26)30-2)19(23(27)28)13-8-4-3-5-9-13/h3-12,17,19,23-24,27H,1-2H3/t17?,19-/m0/s1. The zero-order valence-electron chi connectivity index (χ0n) is 16.4. The molecule has 3 N–H and O–H groups in total. The fourth-order valence-electron chi connectivity index (χ4n) is 3.68. The highest BCUT2D eigenvalue weighted by atomic mass is 16.8. The van der Waals surface area contributed by atoms with Gasteiger partial charge in [0.1, 0.15) is 11.3 Å². The Bertz CT molecular complexity index is 1010. The molecule has 156 valence electrons. The van der Waals surface area contributed by atoms with Gasteiger partial charge >= 0.3 is 11.9 Å². The topological polar surface area (TPSA) is 121 Å². The number of hydrogen-bond acceptors (Lipinski definition) is 7. The molecule has 30 heavy (non-hydrogen) atoms. The van der Waals surface area contributed by atoms with Crippen LogP contribution in [0.2, 0.25) is 0 Å². The van der Waals surface area contributed by atoms with Crippen molar-refractivity contribution in [3.8, 4) is 0 Å². The van der Waals surface area contributed by atoms with Crippen LogP contribution < -0.4 is 5.23 Å². The molecule has 0 amide bonds. The normalized spacial score (nSPS) is 17.9. The van der Waals surface area contributed by atoms with E-state index in [1.807, 2.05) is 0 Å². The van der Waals surface area contributed by atoms with Crippen LogP contribution in [0, 0.1) is 5.21 Å². The third-order valence-corrected chi connectivity index (χ3v) is 5.02. The second-order valence-corrected chi connectivity index (χ2v) is 6.64. The van der Waals surface area contributed by atoms with Crippen LogP contribution >= 0.6 is 0 Å². The molecule has 8 nitrogen and oxygen atoms in total. The molecular weight excluding hydrogens is 390 g/mol. The minimum atomic E-state index is -1.23.